The first-order valence-electron chi connectivity index (χ1n) is 7.95. The third kappa shape index (κ3) is 4.70. The molecule has 7 heteroatoms. The standard InChI is InChI=1S/C19H17FN2O3S/c1-12-3-8-16(13(2)9-12)26-11-18(23)24-10-17-21-19(22-25-17)14-4-6-15(20)7-5-14/h3-9H,10-11H2,1-2H3. The normalized spacial score (nSPS) is 10.7. The third-order valence-corrected chi connectivity index (χ3v) is 4.75. The maximum absolute atomic E-state index is 12.9. The summed E-state index contributed by atoms with van der Waals surface area (Å²) in [6.45, 7) is 3.94. The fraction of sp³-hybridized carbons (Fsp3) is 0.211. The third-order valence-electron chi connectivity index (χ3n) is 3.60. The number of carbonyl (C=O) groups excluding carboxylic acids is 1. The molecule has 0 saturated carbocycles. The molecule has 1 heterocycles. The van der Waals surface area contributed by atoms with E-state index < -0.39 is 0 Å². The van der Waals surface area contributed by atoms with Crippen molar-refractivity contribution < 1.29 is 18.4 Å². The Balaban J connectivity index is 1.51. The van der Waals surface area contributed by atoms with Gasteiger partial charge in [-0.05, 0) is 49.7 Å². The summed E-state index contributed by atoms with van der Waals surface area (Å²) in [5, 5.41) is 3.80. The van der Waals surface area contributed by atoms with E-state index in [0.717, 1.165) is 10.5 Å². The molecule has 5 nitrogen and oxygen atoms in total. The number of rotatable bonds is 6. The van der Waals surface area contributed by atoms with Crippen molar-refractivity contribution in [1.82, 2.24) is 10.1 Å². The molecule has 0 unspecified atom stereocenters. The zero-order valence-corrected chi connectivity index (χ0v) is 15.2. The van der Waals surface area contributed by atoms with Crippen LogP contribution in [0.4, 0.5) is 4.39 Å². The van der Waals surface area contributed by atoms with E-state index in [1.807, 2.05) is 26.0 Å². The summed E-state index contributed by atoms with van der Waals surface area (Å²) in [5.41, 5.74) is 2.93. The number of thioether (sulfide) groups is 1. The first-order valence-corrected chi connectivity index (χ1v) is 8.94. The highest BCUT2D eigenvalue weighted by Gasteiger charge is 2.12. The van der Waals surface area contributed by atoms with Crippen LogP contribution in [0.15, 0.2) is 51.9 Å². The van der Waals surface area contributed by atoms with Crippen LogP contribution in [0.3, 0.4) is 0 Å². The number of aromatic nitrogens is 2. The van der Waals surface area contributed by atoms with Crippen LogP contribution in [0.2, 0.25) is 0 Å². The fourth-order valence-electron chi connectivity index (χ4n) is 2.31. The minimum atomic E-state index is -0.364. The fourth-order valence-corrected chi connectivity index (χ4v) is 3.12. The molecule has 0 radical (unpaired) electrons. The Morgan fingerprint density at radius 3 is 2.69 bits per heavy atom. The van der Waals surface area contributed by atoms with Crippen molar-refractivity contribution in [1.29, 1.82) is 0 Å². The Bertz CT molecular complexity index is 909. The highest BCUT2D eigenvalue weighted by atomic mass is 32.2. The lowest BCUT2D eigenvalue weighted by molar-refractivity contribution is -0.142. The average molecular weight is 372 g/mol. The van der Waals surface area contributed by atoms with Gasteiger partial charge in [0.05, 0.1) is 5.75 Å². The lowest BCUT2D eigenvalue weighted by Gasteiger charge is -2.06. The summed E-state index contributed by atoms with van der Waals surface area (Å²) in [7, 11) is 0. The largest absolute Gasteiger partial charge is 0.455 e. The Morgan fingerprint density at radius 2 is 1.96 bits per heavy atom. The number of aryl methyl sites for hydroxylation is 2. The first-order chi connectivity index (χ1) is 12.5. The van der Waals surface area contributed by atoms with E-state index in [4.69, 9.17) is 9.26 Å². The quantitative estimate of drug-likeness (QED) is 0.474. The highest BCUT2D eigenvalue weighted by Crippen LogP contribution is 2.23. The summed E-state index contributed by atoms with van der Waals surface area (Å²) in [5.74, 6) is 0.00201. The monoisotopic (exact) mass is 372 g/mol. The van der Waals surface area contributed by atoms with Crippen LogP contribution in [-0.2, 0) is 16.1 Å². The topological polar surface area (TPSA) is 65.2 Å². The van der Waals surface area contributed by atoms with E-state index >= 15 is 0 Å². The molecule has 3 aromatic rings. The van der Waals surface area contributed by atoms with Crippen molar-refractivity contribution in [3.8, 4) is 11.4 Å². The van der Waals surface area contributed by atoms with Gasteiger partial charge in [0, 0.05) is 10.5 Å². The minimum absolute atomic E-state index is 0.0968. The van der Waals surface area contributed by atoms with Crippen molar-refractivity contribution in [2.45, 2.75) is 25.3 Å². The van der Waals surface area contributed by atoms with Crippen LogP contribution in [0.25, 0.3) is 11.4 Å². The maximum atomic E-state index is 12.9. The second-order valence-corrected chi connectivity index (χ2v) is 6.75. The molecule has 0 bridgehead atoms. The Kier molecular flexibility index (Phi) is 5.68. The molecule has 0 saturated heterocycles. The van der Waals surface area contributed by atoms with Gasteiger partial charge in [0.25, 0.3) is 5.89 Å². The van der Waals surface area contributed by atoms with Gasteiger partial charge in [0.1, 0.15) is 5.82 Å². The highest BCUT2D eigenvalue weighted by molar-refractivity contribution is 8.00. The Hall–Kier alpha value is -2.67. The van der Waals surface area contributed by atoms with Gasteiger partial charge >= 0.3 is 5.97 Å². The summed E-state index contributed by atoms with van der Waals surface area (Å²) in [6.07, 6.45) is 0. The molecule has 0 aliphatic rings. The van der Waals surface area contributed by atoms with Crippen molar-refractivity contribution in [3.05, 3.63) is 65.3 Å². The van der Waals surface area contributed by atoms with E-state index in [0.29, 0.717) is 11.4 Å². The lowest BCUT2D eigenvalue weighted by atomic mass is 10.2. The average Bonchev–Trinajstić information content (AvgIpc) is 3.09. The van der Waals surface area contributed by atoms with Crippen LogP contribution in [0.1, 0.15) is 17.0 Å². The number of hydrogen-bond donors (Lipinski definition) is 0. The molecule has 0 fully saturated rings. The molecular formula is C19H17FN2O3S. The number of nitrogens with zero attached hydrogens (tertiary/aromatic N) is 2. The second kappa shape index (κ2) is 8.14. The predicted octanol–water partition coefficient (Wildman–Crippen LogP) is 4.33. The molecule has 0 aliphatic carbocycles. The molecular weight excluding hydrogens is 355 g/mol. The van der Waals surface area contributed by atoms with Crippen LogP contribution in [0, 0.1) is 19.7 Å². The Morgan fingerprint density at radius 1 is 1.19 bits per heavy atom. The molecule has 0 spiro atoms. The number of ether oxygens (including phenoxy) is 1. The smallest absolute Gasteiger partial charge is 0.316 e. The zero-order valence-electron chi connectivity index (χ0n) is 14.4. The zero-order chi connectivity index (χ0) is 18.5. The summed E-state index contributed by atoms with van der Waals surface area (Å²) >= 11 is 1.43. The van der Waals surface area contributed by atoms with Crippen LogP contribution in [0.5, 0.6) is 0 Å². The van der Waals surface area contributed by atoms with E-state index in [2.05, 4.69) is 16.2 Å². The number of carbonyl (C=O) groups is 1. The van der Waals surface area contributed by atoms with Gasteiger partial charge in [-0.2, -0.15) is 4.98 Å². The molecule has 26 heavy (non-hydrogen) atoms. The van der Waals surface area contributed by atoms with Crippen molar-refractivity contribution >= 4 is 17.7 Å². The van der Waals surface area contributed by atoms with Crippen molar-refractivity contribution in [3.63, 3.8) is 0 Å². The summed E-state index contributed by atoms with van der Waals surface area (Å²) in [4.78, 5) is 17.1. The first kappa shape index (κ1) is 18.1. The van der Waals surface area contributed by atoms with Gasteiger partial charge in [-0.3, -0.25) is 4.79 Å². The molecule has 134 valence electrons. The summed E-state index contributed by atoms with van der Waals surface area (Å²) in [6, 6.07) is 11.8. The summed E-state index contributed by atoms with van der Waals surface area (Å²) < 4.78 is 23.2. The molecule has 0 atom stereocenters. The molecule has 0 amide bonds. The van der Waals surface area contributed by atoms with E-state index in [9.17, 15) is 9.18 Å². The number of hydrogen-bond acceptors (Lipinski definition) is 6. The number of benzene rings is 2. The molecule has 0 aliphatic heterocycles. The molecule has 1 aromatic heterocycles. The van der Waals surface area contributed by atoms with Gasteiger partial charge in [-0.15, -0.1) is 11.8 Å². The van der Waals surface area contributed by atoms with E-state index in [-0.39, 0.29) is 30.0 Å². The molecule has 2 aromatic carbocycles. The van der Waals surface area contributed by atoms with Crippen molar-refractivity contribution in [2.24, 2.45) is 0 Å². The van der Waals surface area contributed by atoms with Gasteiger partial charge in [0.2, 0.25) is 5.82 Å². The Labute approximate surface area is 154 Å². The van der Waals surface area contributed by atoms with Gasteiger partial charge in [0.15, 0.2) is 6.61 Å². The predicted molar refractivity (Wildman–Crippen MR) is 96.1 cm³/mol. The van der Waals surface area contributed by atoms with Crippen LogP contribution < -0.4 is 0 Å². The van der Waals surface area contributed by atoms with Crippen LogP contribution in [-0.4, -0.2) is 21.9 Å². The van der Waals surface area contributed by atoms with E-state index in [1.54, 1.807) is 12.1 Å². The molecule has 0 N–H and O–H groups in total. The molecule has 3 rings (SSSR count). The SMILES string of the molecule is Cc1ccc(SCC(=O)OCc2nc(-c3ccc(F)cc3)no2)c(C)c1. The second-order valence-electron chi connectivity index (χ2n) is 5.74. The lowest BCUT2D eigenvalue weighted by Crippen LogP contribution is -2.07. The number of halogens is 1. The minimum Gasteiger partial charge on any atom is -0.455 e. The van der Waals surface area contributed by atoms with Gasteiger partial charge in [-0.1, -0.05) is 22.9 Å². The van der Waals surface area contributed by atoms with E-state index in [1.165, 1.54) is 29.5 Å². The van der Waals surface area contributed by atoms with Gasteiger partial charge < -0.3 is 9.26 Å². The maximum Gasteiger partial charge on any atom is 0.316 e. The van der Waals surface area contributed by atoms with Crippen LogP contribution >= 0.6 is 11.8 Å². The number of esters is 1. The van der Waals surface area contributed by atoms with Gasteiger partial charge in [-0.25, -0.2) is 4.39 Å². The van der Waals surface area contributed by atoms with Crippen molar-refractivity contribution in [2.75, 3.05) is 5.75 Å².